The predicted molar refractivity (Wildman–Crippen MR) is 94.9 cm³/mol. The van der Waals surface area contributed by atoms with E-state index in [1.165, 1.54) is 0 Å². The second-order valence-electron chi connectivity index (χ2n) is 6.08. The van der Waals surface area contributed by atoms with Crippen LogP contribution in [0, 0.1) is 0 Å². The third-order valence-corrected chi connectivity index (χ3v) is 4.52. The average Bonchev–Trinajstić information content (AvgIpc) is 2.74. The van der Waals surface area contributed by atoms with Crippen LogP contribution in [-0.4, -0.2) is 29.8 Å². The van der Waals surface area contributed by atoms with E-state index in [9.17, 15) is 5.11 Å². The number of hydrogen-bond acceptors (Lipinski definition) is 4. The quantitative estimate of drug-likeness (QED) is 0.898. The van der Waals surface area contributed by atoms with E-state index in [2.05, 4.69) is 11.8 Å². The van der Waals surface area contributed by atoms with E-state index >= 15 is 0 Å². The Morgan fingerprint density at radius 3 is 2.88 bits per heavy atom. The Bertz CT molecular complexity index is 720. The van der Waals surface area contributed by atoms with Crippen molar-refractivity contribution in [1.29, 1.82) is 0 Å². The number of phenolic OH excluding ortho intramolecular Hbond substituents is 1. The third-order valence-electron chi connectivity index (χ3n) is 4.28. The molecule has 1 atom stereocenters. The summed E-state index contributed by atoms with van der Waals surface area (Å²) >= 11 is 6.10. The van der Waals surface area contributed by atoms with Crippen LogP contribution in [0.15, 0.2) is 36.4 Å². The molecule has 2 aromatic rings. The van der Waals surface area contributed by atoms with Gasteiger partial charge in [-0.05, 0) is 36.2 Å². The number of ether oxygens (including phenoxy) is 2. The van der Waals surface area contributed by atoms with Gasteiger partial charge >= 0.3 is 0 Å². The largest absolute Gasteiger partial charge is 0.504 e. The molecule has 0 amide bonds. The minimum absolute atomic E-state index is 0.128. The first-order valence-electron chi connectivity index (χ1n) is 8.12. The van der Waals surface area contributed by atoms with E-state index in [0.29, 0.717) is 10.8 Å². The van der Waals surface area contributed by atoms with Gasteiger partial charge in [0.15, 0.2) is 11.5 Å². The lowest BCUT2D eigenvalue weighted by Crippen LogP contribution is -2.32. The van der Waals surface area contributed by atoms with Gasteiger partial charge in [-0.25, -0.2) is 0 Å². The maximum atomic E-state index is 9.75. The lowest BCUT2D eigenvalue weighted by Gasteiger charge is -2.23. The first kappa shape index (κ1) is 16.9. The molecule has 128 valence electrons. The van der Waals surface area contributed by atoms with Gasteiger partial charge in [-0.1, -0.05) is 30.7 Å². The van der Waals surface area contributed by atoms with Gasteiger partial charge in [-0.15, -0.1) is 0 Å². The molecular formula is C19H22ClNO3. The van der Waals surface area contributed by atoms with Gasteiger partial charge in [-0.2, -0.15) is 0 Å². The maximum absolute atomic E-state index is 9.75. The summed E-state index contributed by atoms with van der Waals surface area (Å²) in [6, 6.07) is 11.3. The zero-order valence-corrected chi connectivity index (χ0v) is 14.7. The fraction of sp³-hybridized carbons (Fsp3) is 0.368. The van der Waals surface area contributed by atoms with E-state index in [1.807, 2.05) is 30.3 Å². The lowest BCUT2D eigenvalue weighted by molar-refractivity contribution is 0.139. The number of fused-ring (bicyclic) bond motifs is 1. The minimum atomic E-state index is 0.128. The first-order valence-corrected chi connectivity index (χ1v) is 8.50. The molecule has 1 aliphatic rings. The van der Waals surface area contributed by atoms with Gasteiger partial charge in [-0.3, -0.25) is 4.90 Å². The smallest absolute Gasteiger partial charge is 0.160 e. The number of halogens is 1. The van der Waals surface area contributed by atoms with Crippen molar-refractivity contribution in [3.05, 3.63) is 52.5 Å². The molecule has 1 unspecified atom stereocenters. The fourth-order valence-electron chi connectivity index (χ4n) is 2.99. The summed E-state index contributed by atoms with van der Waals surface area (Å²) in [6.45, 7) is 4.53. The summed E-state index contributed by atoms with van der Waals surface area (Å²) in [6.07, 6.45) is 1.06. The van der Waals surface area contributed by atoms with E-state index in [0.717, 1.165) is 42.9 Å². The molecule has 3 rings (SSSR count). The van der Waals surface area contributed by atoms with Crippen molar-refractivity contribution >= 4 is 11.6 Å². The molecule has 0 fully saturated rings. The van der Waals surface area contributed by atoms with Gasteiger partial charge in [0.1, 0.15) is 11.9 Å². The van der Waals surface area contributed by atoms with Crippen molar-refractivity contribution in [2.75, 3.05) is 13.7 Å². The van der Waals surface area contributed by atoms with Crippen molar-refractivity contribution < 1.29 is 14.6 Å². The van der Waals surface area contributed by atoms with Crippen LogP contribution in [0.5, 0.6) is 17.2 Å². The molecule has 0 spiro atoms. The highest BCUT2D eigenvalue weighted by Gasteiger charge is 2.22. The second-order valence-corrected chi connectivity index (χ2v) is 6.51. The molecule has 0 saturated heterocycles. The van der Waals surface area contributed by atoms with E-state index in [-0.39, 0.29) is 11.9 Å². The Morgan fingerprint density at radius 2 is 2.12 bits per heavy atom. The molecule has 5 heteroatoms. The lowest BCUT2D eigenvalue weighted by atomic mass is 10.1. The van der Waals surface area contributed by atoms with Crippen molar-refractivity contribution in [2.45, 2.75) is 32.5 Å². The monoisotopic (exact) mass is 347 g/mol. The average molecular weight is 348 g/mol. The Kier molecular flexibility index (Phi) is 5.17. The van der Waals surface area contributed by atoms with Crippen LogP contribution in [-0.2, 0) is 13.1 Å². The molecule has 0 saturated carbocycles. The number of hydrogen-bond donors (Lipinski definition) is 1. The van der Waals surface area contributed by atoms with Crippen LogP contribution < -0.4 is 9.47 Å². The van der Waals surface area contributed by atoms with Gasteiger partial charge < -0.3 is 14.6 Å². The van der Waals surface area contributed by atoms with Crippen LogP contribution in [0.2, 0.25) is 5.02 Å². The summed E-state index contributed by atoms with van der Waals surface area (Å²) in [5.74, 6) is 1.53. The highest BCUT2D eigenvalue weighted by molar-refractivity contribution is 6.30. The number of benzene rings is 2. The van der Waals surface area contributed by atoms with Crippen LogP contribution >= 0.6 is 11.6 Å². The topological polar surface area (TPSA) is 41.9 Å². The van der Waals surface area contributed by atoms with Crippen LogP contribution in [0.3, 0.4) is 0 Å². The zero-order valence-electron chi connectivity index (χ0n) is 14.0. The Balaban J connectivity index is 1.83. The molecule has 1 N–H and O–H groups in total. The number of nitrogens with zero attached hydrogens (tertiary/aromatic N) is 1. The molecule has 0 bridgehead atoms. The molecule has 4 nitrogen and oxygen atoms in total. The second kappa shape index (κ2) is 7.32. The summed E-state index contributed by atoms with van der Waals surface area (Å²) < 4.78 is 11.3. The highest BCUT2D eigenvalue weighted by Crippen LogP contribution is 2.31. The fourth-order valence-corrected chi connectivity index (χ4v) is 3.15. The summed E-state index contributed by atoms with van der Waals surface area (Å²) in [5.41, 5.74) is 2.23. The number of aromatic hydroxyl groups is 1. The summed E-state index contributed by atoms with van der Waals surface area (Å²) in [5, 5.41) is 10.4. The van der Waals surface area contributed by atoms with E-state index in [4.69, 9.17) is 21.1 Å². The predicted octanol–water partition coefficient (Wildman–Crippen LogP) is 4.23. The molecule has 1 aliphatic heterocycles. The number of methoxy groups -OCH3 is 1. The van der Waals surface area contributed by atoms with E-state index in [1.54, 1.807) is 13.2 Å². The molecule has 1 heterocycles. The zero-order chi connectivity index (χ0) is 17.1. The summed E-state index contributed by atoms with van der Waals surface area (Å²) in [4.78, 5) is 2.35. The van der Waals surface area contributed by atoms with Crippen molar-refractivity contribution in [3.8, 4) is 17.2 Å². The van der Waals surface area contributed by atoms with Crippen LogP contribution in [0.25, 0.3) is 0 Å². The van der Waals surface area contributed by atoms with Crippen LogP contribution in [0.1, 0.15) is 24.5 Å². The van der Waals surface area contributed by atoms with Crippen molar-refractivity contribution in [3.63, 3.8) is 0 Å². The van der Waals surface area contributed by atoms with Gasteiger partial charge in [0, 0.05) is 30.2 Å². The van der Waals surface area contributed by atoms with E-state index < -0.39 is 0 Å². The normalized spacial score (nSPS) is 17.7. The molecule has 0 aromatic heterocycles. The molecule has 0 radical (unpaired) electrons. The standard InChI is InChI=1S/C19H22ClNO3/c1-3-16-12-21(10-13-4-7-17(22)19(8-13)23-2)11-14-5-6-15(20)9-18(14)24-16/h4-9,16,22H,3,10-12H2,1-2H3. The van der Waals surface area contributed by atoms with Gasteiger partial charge in [0.05, 0.1) is 7.11 Å². The Hall–Kier alpha value is -1.91. The Morgan fingerprint density at radius 1 is 1.29 bits per heavy atom. The SMILES string of the molecule is CCC1CN(Cc2ccc(O)c(OC)c2)Cc2ccc(Cl)cc2O1. The minimum Gasteiger partial charge on any atom is -0.504 e. The highest BCUT2D eigenvalue weighted by atomic mass is 35.5. The number of rotatable bonds is 4. The maximum Gasteiger partial charge on any atom is 0.160 e. The van der Waals surface area contributed by atoms with Gasteiger partial charge in [0.25, 0.3) is 0 Å². The first-order chi connectivity index (χ1) is 11.6. The van der Waals surface area contributed by atoms with Crippen LogP contribution in [0.4, 0.5) is 0 Å². The molecule has 24 heavy (non-hydrogen) atoms. The third kappa shape index (κ3) is 3.77. The summed E-state index contributed by atoms with van der Waals surface area (Å²) in [7, 11) is 1.56. The Labute approximate surface area is 147 Å². The number of phenols is 1. The molecular weight excluding hydrogens is 326 g/mol. The molecule has 2 aromatic carbocycles. The van der Waals surface area contributed by atoms with Gasteiger partial charge in [0.2, 0.25) is 0 Å². The molecule has 0 aliphatic carbocycles. The van der Waals surface area contributed by atoms with Crippen molar-refractivity contribution in [1.82, 2.24) is 4.90 Å². The van der Waals surface area contributed by atoms with Crippen molar-refractivity contribution in [2.24, 2.45) is 0 Å².